The summed E-state index contributed by atoms with van der Waals surface area (Å²) >= 11 is 0. The number of rotatable bonds is 2. The normalized spacial score (nSPS) is 10.2. The lowest BCUT2D eigenvalue weighted by atomic mass is 10.2. The molecular weight excluding hydrogens is 227 g/mol. The summed E-state index contributed by atoms with van der Waals surface area (Å²) in [5.74, 6) is -1.44. The van der Waals surface area contributed by atoms with E-state index in [0.717, 1.165) is 12.3 Å². The predicted octanol–water partition coefficient (Wildman–Crippen LogP) is 1.71. The molecule has 17 heavy (non-hydrogen) atoms. The second kappa shape index (κ2) is 4.25. The van der Waals surface area contributed by atoms with E-state index in [-0.39, 0.29) is 11.4 Å². The van der Waals surface area contributed by atoms with Crippen LogP contribution in [0.2, 0.25) is 0 Å². The highest BCUT2D eigenvalue weighted by Crippen LogP contribution is 2.26. The first-order valence-corrected chi connectivity index (χ1v) is 4.73. The molecule has 0 saturated heterocycles. The minimum Gasteiger partial charge on any atom is -0.505 e. The number of carbonyl (C=O) groups is 1. The number of methoxy groups -OCH3 is 1. The van der Waals surface area contributed by atoms with E-state index in [4.69, 9.17) is 0 Å². The minimum absolute atomic E-state index is 0.168. The van der Waals surface area contributed by atoms with Gasteiger partial charge in [-0.3, -0.25) is 0 Å². The van der Waals surface area contributed by atoms with E-state index in [9.17, 15) is 14.3 Å². The van der Waals surface area contributed by atoms with Gasteiger partial charge in [-0.05, 0) is 6.07 Å². The largest absolute Gasteiger partial charge is 0.505 e. The van der Waals surface area contributed by atoms with Crippen molar-refractivity contribution in [2.75, 3.05) is 7.11 Å². The summed E-state index contributed by atoms with van der Waals surface area (Å²) in [5, 5.41) is 9.51. The number of esters is 1. The SMILES string of the molecule is COC(=O)c1c[nH]c(-c2ncc(F)cc2O)c1. The maximum absolute atomic E-state index is 12.7. The quantitative estimate of drug-likeness (QED) is 0.778. The van der Waals surface area contributed by atoms with E-state index in [0.29, 0.717) is 11.3 Å². The number of hydrogen-bond donors (Lipinski definition) is 2. The smallest absolute Gasteiger partial charge is 0.339 e. The van der Waals surface area contributed by atoms with Crippen LogP contribution >= 0.6 is 0 Å². The van der Waals surface area contributed by atoms with Crippen LogP contribution in [0.4, 0.5) is 4.39 Å². The van der Waals surface area contributed by atoms with Gasteiger partial charge in [-0.2, -0.15) is 0 Å². The molecule has 0 aliphatic rings. The van der Waals surface area contributed by atoms with Gasteiger partial charge in [0.05, 0.1) is 24.6 Å². The summed E-state index contributed by atoms with van der Waals surface area (Å²) in [6.45, 7) is 0. The van der Waals surface area contributed by atoms with Gasteiger partial charge in [0.15, 0.2) is 0 Å². The lowest BCUT2D eigenvalue weighted by Crippen LogP contribution is -1.98. The summed E-state index contributed by atoms with van der Waals surface area (Å²) in [5.41, 5.74) is 0.873. The first kappa shape index (κ1) is 11.1. The van der Waals surface area contributed by atoms with Crippen LogP contribution in [0.1, 0.15) is 10.4 Å². The Balaban J connectivity index is 2.40. The van der Waals surface area contributed by atoms with Crippen molar-refractivity contribution in [2.45, 2.75) is 0 Å². The van der Waals surface area contributed by atoms with Gasteiger partial charge >= 0.3 is 5.97 Å². The van der Waals surface area contributed by atoms with Crippen molar-refractivity contribution < 1.29 is 19.0 Å². The molecule has 0 aliphatic carbocycles. The fourth-order valence-corrected chi connectivity index (χ4v) is 1.40. The minimum atomic E-state index is -0.633. The number of pyridine rings is 1. The van der Waals surface area contributed by atoms with Gasteiger partial charge in [-0.25, -0.2) is 14.2 Å². The van der Waals surface area contributed by atoms with Crippen LogP contribution in [0.3, 0.4) is 0 Å². The number of hydrogen-bond acceptors (Lipinski definition) is 4. The summed E-state index contributed by atoms with van der Waals surface area (Å²) in [7, 11) is 1.27. The van der Waals surface area contributed by atoms with Gasteiger partial charge in [0, 0.05) is 12.3 Å². The van der Waals surface area contributed by atoms with Crippen LogP contribution in [-0.4, -0.2) is 28.2 Å². The average Bonchev–Trinajstić information content (AvgIpc) is 2.77. The van der Waals surface area contributed by atoms with Gasteiger partial charge in [0.2, 0.25) is 0 Å². The third kappa shape index (κ3) is 2.10. The molecule has 0 saturated carbocycles. The first-order valence-electron chi connectivity index (χ1n) is 4.73. The number of halogens is 1. The topological polar surface area (TPSA) is 75.2 Å². The van der Waals surface area contributed by atoms with Crippen LogP contribution < -0.4 is 0 Å². The van der Waals surface area contributed by atoms with E-state index < -0.39 is 11.8 Å². The summed E-state index contributed by atoms with van der Waals surface area (Å²) in [6, 6.07) is 2.41. The number of nitrogens with one attached hydrogen (secondary N) is 1. The molecule has 0 amide bonds. The van der Waals surface area contributed by atoms with Crippen LogP contribution in [0.15, 0.2) is 24.5 Å². The number of aromatic amines is 1. The predicted molar refractivity (Wildman–Crippen MR) is 57.0 cm³/mol. The number of aromatic hydroxyl groups is 1. The van der Waals surface area contributed by atoms with Crippen molar-refractivity contribution in [3.05, 3.63) is 35.9 Å². The number of nitrogens with zero attached hydrogens (tertiary/aromatic N) is 1. The van der Waals surface area contributed by atoms with Crippen molar-refractivity contribution in [3.8, 4) is 17.1 Å². The maximum Gasteiger partial charge on any atom is 0.339 e. The Morgan fingerprint density at radius 1 is 1.53 bits per heavy atom. The highest BCUT2D eigenvalue weighted by molar-refractivity contribution is 5.90. The molecule has 88 valence electrons. The van der Waals surface area contributed by atoms with Crippen molar-refractivity contribution >= 4 is 5.97 Å². The van der Waals surface area contributed by atoms with Crippen molar-refractivity contribution in [3.63, 3.8) is 0 Å². The molecule has 0 aliphatic heterocycles. The molecule has 2 N–H and O–H groups in total. The Kier molecular flexibility index (Phi) is 2.78. The Bertz CT molecular complexity index is 566. The zero-order valence-corrected chi connectivity index (χ0v) is 8.90. The highest BCUT2D eigenvalue weighted by atomic mass is 19.1. The molecule has 2 heterocycles. The molecule has 0 bridgehead atoms. The highest BCUT2D eigenvalue weighted by Gasteiger charge is 2.13. The van der Waals surface area contributed by atoms with Crippen LogP contribution in [0, 0.1) is 5.82 Å². The molecule has 0 aromatic carbocycles. The molecule has 2 aromatic heterocycles. The molecule has 0 atom stereocenters. The van der Waals surface area contributed by atoms with E-state index in [1.165, 1.54) is 19.4 Å². The lowest BCUT2D eigenvalue weighted by molar-refractivity contribution is 0.0601. The van der Waals surface area contributed by atoms with Gasteiger partial charge in [0.25, 0.3) is 0 Å². The zero-order valence-electron chi connectivity index (χ0n) is 8.90. The van der Waals surface area contributed by atoms with Crippen LogP contribution in [-0.2, 0) is 4.74 Å². The van der Waals surface area contributed by atoms with E-state index in [2.05, 4.69) is 14.7 Å². The first-order chi connectivity index (χ1) is 8.11. The molecule has 5 nitrogen and oxygen atoms in total. The fraction of sp³-hybridized carbons (Fsp3) is 0.0909. The lowest BCUT2D eigenvalue weighted by Gasteiger charge is -2.00. The van der Waals surface area contributed by atoms with Crippen molar-refractivity contribution in [1.29, 1.82) is 0 Å². The van der Waals surface area contributed by atoms with Crippen molar-refractivity contribution in [2.24, 2.45) is 0 Å². The number of aromatic nitrogens is 2. The molecule has 0 radical (unpaired) electrons. The van der Waals surface area contributed by atoms with E-state index in [1.54, 1.807) is 0 Å². The van der Waals surface area contributed by atoms with Gasteiger partial charge in [-0.1, -0.05) is 0 Å². The Labute approximate surface area is 95.9 Å². The van der Waals surface area contributed by atoms with Crippen LogP contribution in [0.5, 0.6) is 5.75 Å². The third-order valence-electron chi connectivity index (χ3n) is 2.19. The van der Waals surface area contributed by atoms with Gasteiger partial charge in [-0.15, -0.1) is 0 Å². The summed E-state index contributed by atoms with van der Waals surface area (Å²) in [4.78, 5) is 17.7. The molecule has 0 spiro atoms. The van der Waals surface area contributed by atoms with E-state index >= 15 is 0 Å². The Morgan fingerprint density at radius 3 is 2.94 bits per heavy atom. The maximum atomic E-state index is 12.7. The molecule has 0 unspecified atom stereocenters. The standard InChI is InChI=1S/C11H9FN2O3/c1-17-11(16)6-2-8(13-4-6)10-9(15)3-7(12)5-14-10/h2-5,13,15H,1H3. The Hall–Kier alpha value is -2.37. The molecular formula is C11H9FN2O3. The fourth-order valence-electron chi connectivity index (χ4n) is 1.40. The monoisotopic (exact) mass is 236 g/mol. The zero-order chi connectivity index (χ0) is 12.4. The van der Waals surface area contributed by atoms with Crippen molar-refractivity contribution in [1.82, 2.24) is 9.97 Å². The van der Waals surface area contributed by atoms with Gasteiger partial charge in [0.1, 0.15) is 17.3 Å². The molecule has 6 heteroatoms. The second-order valence-corrected chi connectivity index (χ2v) is 3.31. The second-order valence-electron chi connectivity index (χ2n) is 3.31. The number of carbonyl (C=O) groups excluding carboxylic acids is 1. The Morgan fingerprint density at radius 2 is 2.29 bits per heavy atom. The van der Waals surface area contributed by atoms with Crippen LogP contribution in [0.25, 0.3) is 11.4 Å². The summed E-state index contributed by atoms with van der Waals surface area (Å²) in [6.07, 6.45) is 2.40. The average molecular weight is 236 g/mol. The number of H-pyrrole nitrogens is 1. The van der Waals surface area contributed by atoms with E-state index in [1.807, 2.05) is 0 Å². The molecule has 2 rings (SSSR count). The summed E-state index contributed by atoms with van der Waals surface area (Å²) < 4.78 is 17.3. The van der Waals surface area contributed by atoms with Gasteiger partial charge < -0.3 is 14.8 Å². The number of ether oxygens (including phenoxy) is 1. The molecule has 0 fully saturated rings. The third-order valence-corrected chi connectivity index (χ3v) is 2.19. The molecule has 2 aromatic rings.